The molecule has 0 unspecified atom stereocenters. The van der Waals surface area contributed by atoms with Crippen molar-refractivity contribution in [3.63, 3.8) is 0 Å². The summed E-state index contributed by atoms with van der Waals surface area (Å²) in [6.45, 7) is 0. The quantitative estimate of drug-likeness (QED) is 0.504. The van der Waals surface area contributed by atoms with Gasteiger partial charge in [-0.2, -0.15) is 0 Å². The molecule has 0 radical (unpaired) electrons. The number of halogens is 5. The van der Waals surface area contributed by atoms with Gasteiger partial charge in [0.15, 0.2) is 0 Å². The van der Waals surface area contributed by atoms with Crippen molar-refractivity contribution in [1.29, 1.82) is 0 Å². The van der Waals surface area contributed by atoms with E-state index >= 15 is 0 Å². The Morgan fingerprint density at radius 2 is 1.14 bits per heavy atom. The van der Waals surface area contributed by atoms with Crippen LogP contribution in [-0.2, 0) is 0 Å². The van der Waals surface area contributed by atoms with E-state index in [1.165, 1.54) is 0 Å². The van der Waals surface area contributed by atoms with Crippen molar-refractivity contribution >= 4 is 63.7 Å². The Labute approximate surface area is 66.9 Å². The molecule has 0 aromatic rings. The van der Waals surface area contributed by atoms with E-state index in [-0.39, 0.29) is 0 Å². The van der Waals surface area contributed by atoms with E-state index in [1.807, 2.05) is 0 Å². The Morgan fingerprint density at radius 3 is 1.14 bits per heavy atom. The third-order valence-corrected chi connectivity index (χ3v) is 11.6. The summed E-state index contributed by atoms with van der Waals surface area (Å²) in [5.74, 6) is 0. The van der Waals surface area contributed by atoms with E-state index in [9.17, 15) is 0 Å². The number of hydrogen-bond donors (Lipinski definition) is 0. The standard InChI is InChI=1S/CHCl5Ge/c2-1(3)7(4,5)6/h1H. The Balaban J connectivity index is 3.54. The number of rotatable bonds is 1. The molecule has 0 spiro atoms. The van der Waals surface area contributed by atoms with Gasteiger partial charge in [-0.15, -0.1) is 0 Å². The molecule has 0 aromatic heterocycles. The maximum absolute atomic E-state index is 5.32. The topological polar surface area (TPSA) is 0 Å². The van der Waals surface area contributed by atoms with Crippen LogP contribution in [0.4, 0.5) is 0 Å². The fourth-order valence-electron chi connectivity index (χ4n) is 0. The average Bonchev–Trinajstić information content (AvgIpc) is 1.31. The SMILES string of the molecule is Cl[CH](Cl)[Ge]([Cl])([Cl])[Cl]. The second-order valence-electron chi connectivity index (χ2n) is 0.842. The molecule has 0 amide bonds. The minimum absolute atomic E-state index is 0.773. The summed E-state index contributed by atoms with van der Waals surface area (Å²) < 4.78 is -0.773. The van der Waals surface area contributed by atoms with Crippen LogP contribution in [0.1, 0.15) is 0 Å². The zero-order valence-corrected chi connectivity index (χ0v) is 8.84. The van der Waals surface area contributed by atoms with Gasteiger partial charge in [0, 0.05) is 0 Å². The molecule has 0 heterocycles. The second kappa shape index (κ2) is 3.23. The summed E-state index contributed by atoms with van der Waals surface area (Å²) in [6.07, 6.45) is 0. The van der Waals surface area contributed by atoms with Gasteiger partial charge in [0.2, 0.25) is 0 Å². The van der Waals surface area contributed by atoms with Crippen LogP contribution >= 0.6 is 53.2 Å². The van der Waals surface area contributed by atoms with E-state index in [2.05, 4.69) is 0 Å². The van der Waals surface area contributed by atoms with Crippen LogP contribution in [0.3, 0.4) is 0 Å². The van der Waals surface area contributed by atoms with Gasteiger partial charge in [-0.1, -0.05) is 0 Å². The molecule has 0 rings (SSSR count). The van der Waals surface area contributed by atoms with E-state index < -0.39 is 14.1 Å². The maximum atomic E-state index is 5.32. The molecule has 7 heavy (non-hydrogen) atoms. The first-order valence-corrected chi connectivity index (χ1v) is 11.6. The van der Waals surface area contributed by atoms with Crippen molar-refractivity contribution in [2.24, 2.45) is 0 Å². The van der Waals surface area contributed by atoms with E-state index in [0.29, 0.717) is 0 Å². The van der Waals surface area contributed by atoms with Crippen LogP contribution in [0.5, 0.6) is 0 Å². The fraction of sp³-hybridized carbons (Fsp3) is 1.00. The van der Waals surface area contributed by atoms with Crippen molar-refractivity contribution in [3.8, 4) is 0 Å². The summed E-state index contributed by atoms with van der Waals surface area (Å²) >= 11 is 10.4. The zero-order valence-electron chi connectivity index (χ0n) is 2.97. The molecule has 0 N–H and O–H groups in total. The van der Waals surface area contributed by atoms with Gasteiger partial charge < -0.3 is 0 Å². The summed E-state index contributed by atoms with van der Waals surface area (Å²) in [4.78, 5) is 0. The summed E-state index contributed by atoms with van der Waals surface area (Å²) in [6, 6.07) is 0. The molecule has 0 nitrogen and oxygen atoms in total. The van der Waals surface area contributed by atoms with Gasteiger partial charge in [0.25, 0.3) is 0 Å². The van der Waals surface area contributed by atoms with Crippen LogP contribution in [0.15, 0.2) is 0 Å². The Bertz CT molecular complexity index is 53.6. The van der Waals surface area contributed by atoms with Crippen molar-refractivity contribution < 1.29 is 0 Å². The van der Waals surface area contributed by atoms with Gasteiger partial charge in [-0.05, 0) is 0 Å². The van der Waals surface area contributed by atoms with Crippen LogP contribution in [-0.4, -0.2) is 14.1 Å². The van der Waals surface area contributed by atoms with Crippen LogP contribution in [0.25, 0.3) is 0 Å². The molecule has 0 aliphatic heterocycles. The first-order chi connectivity index (χ1) is 2.94. The van der Waals surface area contributed by atoms with Gasteiger partial charge in [-0.25, -0.2) is 0 Å². The Hall–Kier alpha value is 1.99. The molecular weight excluding hydrogens is 262 g/mol. The predicted molar refractivity (Wildman–Crippen MR) is 38.8 cm³/mol. The molecule has 0 aliphatic rings. The predicted octanol–water partition coefficient (Wildman–Crippen LogP) is 2.98. The Morgan fingerprint density at radius 1 is 1.00 bits per heavy atom. The molecule has 0 aromatic carbocycles. The molecule has 0 atom stereocenters. The molecule has 0 bridgehead atoms. The molecule has 44 valence electrons. The average molecular weight is 263 g/mol. The molecule has 0 fully saturated rings. The summed E-state index contributed by atoms with van der Waals surface area (Å²) in [5, 5.41) is 0. The third-order valence-electron chi connectivity index (χ3n) is 0.247. The van der Waals surface area contributed by atoms with Crippen molar-refractivity contribution in [3.05, 3.63) is 0 Å². The first-order valence-electron chi connectivity index (χ1n) is 1.29. The summed E-state index contributed by atoms with van der Waals surface area (Å²) in [7, 11) is 12.7. The van der Waals surface area contributed by atoms with E-state index in [1.54, 1.807) is 0 Å². The van der Waals surface area contributed by atoms with Crippen LogP contribution < -0.4 is 0 Å². The monoisotopic (exact) mass is 262 g/mol. The van der Waals surface area contributed by atoms with Crippen LogP contribution in [0, 0.1) is 0 Å². The fourth-order valence-corrected chi connectivity index (χ4v) is 0. The molecule has 6 heteroatoms. The van der Waals surface area contributed by atoms with E-state index in [0.717, 1.165) is 0 Å². The number of alkyl halides is 2. The first kappa shape index (κ1) is 8.99. The Kier molecular flexibility index (Phi) is 4.16. The second-order valence-corrected chi connectivity index (χ2v) is 19.3. The molecular formula is CHCl5Ge. The van der Waals surface area contributed by atoms with Gasteiger partial charge in [-0.3, -0.25) is 0 Å². The van der Waals surface area contributed by atoms with E-state index in [4.69, 9.17) is 53.2 Å². The molecule has 0 aliphatic carbocycles. The van der Waals surface area contributed by atoms with Gasteiger partial charge >= 0.3 is 67.4 Å². The number of hydrogen-bond acceptors (Lipinski definition) is 0. The molecule has 0 saturated carbocycles. The molecule has 0 saturated heterocycles. The van der Waals surface area contributed by atoms with Crippen molar-refractivity contribution in [2.75, 3.05) is 0 Å². The van der Waals surface area contributed by atoms with Crippen LogP contribution in [0.2, 0.25) is 0 Å². The van der Waals surface area contributed by atoms with Gasteiger partial charge in [0.05, 0.1) is 0 Å². The van der Waals surface area contributed by atoms with Crippen molar-refractivity contribution in [2.45, 2.75) is 3.67 Å². The summed E-state index contributed by atoms with van der Waals surface area (Å²) in [5.41, 5.74) is 0. The van der Waals surface area contributed by atoms with Crippen molar-refractivity contribution in [1.82, 2.24) is 0 Å². The minimum atomic E-state index is -3.22. The zero-order chi connectivity index (χ0) is 6.08. The third kappa shape index (κ3) is 4.49. The van der Waals surface area contributed by atoms with Gasteiger partial charge in [0.1, 0.15) is 0 Å². The normalized spacial score (nSPS) is 12.9.